The molecule has 1 unspecified atom stereocenters. The van der Waals surface area contributed by atoms with E-state index in [-0.39, 0.29) is 11.9 Å². The Morgan fingerprint density at radius 1 is 1.30 bits per heavy atom. The number of aryl methyl sites for hydroxylation is 1. The summed E-state index contributed by atoms with van der Waals surface area (Å²) in [4.78, 5) is 14.1. The zero-order valence-electron chi connectivity index (χ0n) is 12.4. The summed E-state index contributed by atoms with van der Waals surface area (Å²) in [5.74, 6) is 0.144. The molecular formula is C16H24N2O2. The van der Waals surface area contributed by atoms with E-state index in [1.165, 1.54) is 5.56 Å². The number of hydrogen-bond donors (Lipinski definition) is 1. The lowest BCUT2D eigenvalue weighted by atomic mass is 10.1. The molecule has 1 aromatic carbocycles. The van der Waals surface area contributed by atoms with Gasteiger partial charge in [0.2, 0.25) is 5.91 Å². The number of benzene rings is 1. The van der Waals surface area contributed by atoms with Crippen LogP contribution in [0.25, 0.3) is 0 Å². The Bertz CT molecular complexity index is 425. The highest BCUT2D eigenvalue weighted by Crippen LogP contribution is 2.13. The Balaban J connectivity index is 1.89. The van der Waals surface area contributed by atoms with Gasteiger partial charge in [-0.15, -0.1) is 0 Å². The molecule has 0 aliphatic carbocycles. The number of amides is 1. The number of anilines is 1. The summed E-state index contributed by atoms with van der Waals surface area (Å²) in [6, 6.07) is 8.14. The lowest BCUT2D eigenvalue weighted by molar-refractivity contribution is -0.135. The standard InChI is InChI=1S/C16H24N2O2/c1-3-4-14-5-7-15(8-6-14)17-13(2)16(19)18-9-11-20-12-10-18/h5-8,13,17H,3-4,9-12H2,1-2H3. The SMILES string of the molecule is CCCc1ccc(NC(C)C(=O)N2CCOCC2)cc1. The molecule has 2 rings (SSSR count). The van der Waals surface area contributed by atoms with E-state index in [1.54, 1.807) is 0 Å². The van der Waals surface area contributed by atoms with E-state index >= 15 is 0 Å². The third-order valence-electron chi connectivity index (χ3n) is 3.57. The zero-order chi connectivity index (χ0) is 14.4. The first-order valence-corrected chi connectivity index (χ1v) is 7.42. The third-order valence-corrected chi connectivity index (χ3v) is 3.57. The van der Waals surface area contributed by atoms with Crippen molar-refractivity contribution >= 4 is 11.6 Å². The summed E-state index contributed by atoms with van der Waals surface area (Å²) < 4.78 is 5.27. The largest absolute Gasteiger partial charge is 0.378 e. The van der Waals surface area contributed by atoms with E-state index in [4.69, 9.17) is 4.74 Å². The predicted octanol–water partition coefficient (Wildman–Crippen LogP) is 2.30. The van der Waals surface area contributed by atoms with Crippen molar-refractivity contribution in [3.8, 4) is 0 Å². The monoisotopic (exact) mass is 276 g/mol. The van der Waals surface area contributed by atoms with Crippen LogP contribution in [0.15, 0.2) is 24.3 Å². The molecule has 0 bridgehead atoms. The second kappa shape index (κ2) is 7.29. The van der Waals surface area contributed by atoms with Crippen LogP contribution in [0.3, 0.4) is 0 Å². The van der Waals surface area contributed by atoms with Crippen molar-refractivity contribution in [2.24, 2.45) is 0 Å². The minimum absolute atomic E-state index is 0.144. The minimum atomic E-state index is -0.204. The van der Waals surface area contributed by atoms with Gasteiger partial charge in [-0.3, -0.25) is 4.79 Å². The Kier molecular flexibility index (Phi) is 5.41. The van der Waals surface area contributed by atoms with Crippen molar-refractivity contribution in [1.82, 2.24) is 4.90 Å². The lowest BCUT2D eigenvalue weighted by Crippen LogP contribution is -2.46. The molecule has 1 amide bonds. The van der Waals surface area contributed by atoms with Crippen LogP contribution < -0.4 is 5.32 Å². The first-order chi connectivity index (χ1) is 9.70. The molecule has 4 nitrogen and oxygen atoms in total. The molecule has 1 atom stereocenters. The molecule has 1 aliphatic heterocycles. The summed E-state index contributed by atoms with van der Waals surface area (Å²) in [7, 11) is 0. The van der Waals surface area contributed by atoms with Crippen LogP contribution in [0.1, 0.15) is 25.8 Å². The van der Waals surface area contributed by atoms with Gasteiger partial charge in [0, 0.05) is 18.8 Å². The normalized spacial score (nSPS) is 16.8. The Labute approximate surface area is 121 Å². The number of carbonyl (C=O) groups excluding carboxylic acids is 1. The van der Waals surface area contributed by atoms with E-state index in [9.17, 15) is 4.79 Å². The summed E-state index contributed by atoms with van der Waals surface area (Å²) >= 11 is 0. The smallest absolute Gasteiger partial charge is 0.244 e. The first-order valence-electron chi connectivity index (χ1n) is 7.42. The van der Waals surface area contributed by atoms with Gasteiger partial charge in [-0.1, -0.05) is 25.5 Å². The van der Waals surface area contributed by atoms with Gasteiger partial charge in [0.25, 0.3) is 0 Å². The maximum atomic E-state index is 12.3. The molecular weight excluding hydrogens is 252 g/mol. The van der Waals surface area contributed by atoms with Gasteiger partial charge in [-0.2, -0.15) is 0 Å². The minimum Gasteiger partial charge on any atom is -0.378 e. The molecule has 1 aliphatic rings. The lowest BCUT2D eigenvalue weighted by Gasteiger charge is -2.29. The van der Waals surface area contributed by atoms with E-state index in [1.807, 2.05) is 24.0 Å². The molecule has 1 aromatic rings. The van der Waals surface area contributed by atoms with Gasteiger partial charge >= 0.3 is 0 Å². The summed E-state index contributed by atoms with van der Waals surface area (Å²) in [5, 5.41) is 3.28. The number of morpholine rings is 1. The predicted molar refractivity (Wildman–Crippen MR) is 80.9 cm³/mol. The molecule has 110 valence electrons. The van der Waals surface area contributed by atoms with E-state index in [2.05, 4.69) is 24.4 Å². The molecule has 1 N–H and O–H groups in total. The van der Waals surface area contributed by atoms with Crippen LogP contribution in [0.2, 0.25) is 0 Å². The second-order valence-corrected chi connectivity index (χ2v) is 5.25. The Hall–Kier alpha value is -1.55. The van der Waals surface area contributed by atoms with Crippen molar-refractivity contribution in [3.63, 3.8) is 0 Å². The van der Waals surface area contributed by atoms with Gasteiger partial charge in [0.15, 0.2) is 0 Å². The number of ether oxygens (including phenoxy) is 1. The topological polar surface area (TPSA) is 41.6 Å². The summed E-state index contributed by atoms with van der Waals surface area (Å²) in [5.41, 5.74) is 2.34. The summed E-state index contributed by atoms with van der Waals surface area (Å²) in [6.45, 7) is 6.77. The van der Waals surface area contributed by atoms with Crippen molar-refractivity contribution in [2.45, 2.75) is 32.7 Å². The van der Waals surface area contributed by atoms with Crippen LogP contribution in [0.4, 0.5) is 5.69 Å². The average Bonchev–Trinajstić information content (AvgIpc) is 2.49. The molecule has 1 saturated heterocycles. The molecule has 20 heavy (non-hydrogen) atoms. The van der Waals surface area contributed by atoms with Crippen molar-refractivity contribution in [3.05, 3.63) is 29.8 Å². The van der Waals surface area contributed by atoms with Crippen LogP contribution in [-0.2, 0) is 16.0 Å². The number of nitrogens with zero attached hydrogens (tertiary/aromatic N) is 1. The van der Waals surface area contributed by atoms with Gasteiger partial charge in [-0.05, 0) is 31.0 Å². The molecule has 0 radical (unpaired) electrons. The number of rotatable bonds is 5. The van der Waals surface area contributed by atoms with Crippen molar-refractivity contribution in [1.29, 1.82) is 0 Å². The number of nitrogens with one attached hydrogen (secondary N) is 1. The Morgan fingerprint density at radius 2 is 1.95 bits per heavy atom. The molecule has 1 heterocycles. The molecule has 1 fully saturated rings. The van der Waals surface area contributed by atoms with Gasteiger partial charge in [0.05, 0.1) is 13.2 Å². The van der Waals surface area contributed by atoms with Crippen LogP contribution in [0, 0.1) is 0 Å². The second-order valence-electron chi connectivity index (χ2n) is 5.25. The summed E-state index contributed by atoms with van der Waals surface area (Å²) in [6.07, 6.45) is 2.25. The highest BCUT2D eigenvalue weighted by Gasteiger charge is 2.22. The third kappa shape index (κ3) is 3.97. The fraction of sp³-hybridized carbons (Fsp3) is 0.562. The van der Waals surface area contributed by atoms with Crippen molar-refractivity contribution in [2.75, 3.05) is 31.6 Å². The molecule has 4 heteroatoms. The van der Waals surface area contributed by atoms with Gasteiger partial charge in [0.1, 0.15) is 6.04 Å². The maximum absolute atomic E-state index is 12.3. The van der Waals surface area contributed by atoms with Crippen LogP contribution in [0.5, 0.6) is 0 Å². The first kappa shape index (κ1) is 14.9. The van der Waals surface area contributed by atoms with Crippen LogP contribution in [-0.4, -0.2) is 43.2 Å². The van der Waals surface area contributed by atoms with Crippen LogP contribution >= 0.6 is 0 Å². The molecule has 0 saturated carbocycles. The highest BCUT2D eigenvalue weighted by molar-refractivity contribution is 5.84. The van der Waals surface area contributed by atoms with Gasteiger partial charge in [-0.25, -0.2) is 0 Å². The van der Waals surface area contributed by atoms with E-state index in [0.29, 0.717) is 26.3 Å². The number of hydrogen-bond acceptors (Lipinski definition) is 3. The van der Waals surface area contributed by atoms with Crippen molar-refractivity contribution < 1.29 is 9.53 Å². The fourth-order valence-corrected chi connectivity index (χ4v) is 2.43. The molecule has 0 aromatic heterocycles. The van der Waals surface area contributed by atoms with Gasteiger partial charge < -0.3 is 15.0 Å². The van der Waals surface area contributed by atoms with E-state index < -0.39 is 0 Å². The Morgan fingerprint density at radius 3 is 2.55 bits per heavy atom. The average molecular weight is 276 g/mol. The highest BCUT2D eigenvalue weighted by atomic mass is 16.5. The zero-order valence-corrected chi connectivity index (χ0v) is 12.4. The fourth-order valence-electron chi connectivity index (χ4n) is 2.43. The van der Waals surface area contributed by atoms with E-state index in [0.717, 1.165) is 18.5 Å². The quantitative estimate of drug-likeness (QED) is 0.897. The maximum Gasteiger partial charge on any atom is 0.244 e. The molecule has 0 spiro atoms. The number of carbonyl (C=O) groups is 1.